The molecule has 1 saturated heterocycles. The van der Waals surface area contributed by atoms with Gasteiger partial charge in [-0.1, -0.05) is 5.92 Å². The van der Waals surface area contributed by atoms with E-state index in [1.807, 2.05) is 23.1 Å². The number of hydrogen-bond acceptors (Lipinski definition) is 5. The van der Waals surface area contributed by atoms with Gasteiger partial charge in [-0.15, -0.1) is 6.42 Å². The van der Waals surface area contributed by atoms with Crippen LogP contribution < -0.4 is 4.74 Å². The Kier molecular flexibility index (Phi) is 4.21. The number of terminal acetylenes is 1. The summed E-state index contributed by atoms with van der Waals surface area (Å²) in [6, 6.07) is 2.17. The zero-order valence-electron chi connectivity index (χ0n) is 15.4. The van der Waals surface area contributed by atoms with Crippen LogP contribution in [0.15, 0.2) is 24.7 Å². The molecule has 1 aliphatic heterocycles. The molecule has 0 aliphatic carbocycles. The van der Waals surface area contributed by atoms with E-state index in [1.165, 1.54) is 0 Å². The Hall–Kier alpha value is -3.45. The average Bonchev–Trinajstić information content (AvgIpc) is 3.30. The zero-order chi connectivity index (χ0) is 19.0. The Morgan fingerprint density at radius 1 is 1.33 bits per heavy atom. The van der Waals surface area contributed by atoms with Crippen LogP contribution in [0.4, 0.5) is 0 Å². The highest BCUT2D eigenvalue weighted by atomic mass is 16.5. The number of ether oxygens (including phenoxy) is 1. The molecule has 7 nitrogen and oxygen atoms in total. The van der Waals surface area contributed by atoms with Gasteiger partial charge in [-0.05, 0) is 25.8 Å². The maximum atomic E-state index is 9.20. The van der Waals surface area contributed by atoms with E-state index in [9.17, 15) is 5.26 Å². The molecule has 0 spiro atoms. The Balaban J connectivity index is 1.76. The molecule has 136 valence electrons. The Morgan fingerprint density at radius 2 is 2.19 bits per heavy atom. The summed E-state index contributed by atoms with van der Waals surface area (Å²) in [5.41, 5.74) is 4.52. The van der Waals surface area contributed by atoms with Crippen LogP contribution >= 0.6 is 0 Å². The lowest BCUT2D eigenvalue weighted by Crippen LogP contribution is -2.34. The lowest BCUT2D eigenvalue weighted by Gasteiger charge is -2.29. The van der Waals surface area contributed by atoms with Crippen molar-refractivity contribution >= 4 is 5.52 Å². The second-order valence-corrected chi connectivity index (χ2v) is 6.72. The number of nitriles is 1. The Labute approximate surface area is 157 Å². The molecule has 0 bridgehead atoms. The molecule has 27 heavy (non-hydrogen) atoms. The van der Waals surface area contributed by atoms with Crippen molar-refractivity contribution in [3.8, 4) is 35.4 Å². The van der Waals surface area contributed by atoms with Crippen LogP contribution in [0, 0.1) is 30.7 Å². The van der Waals surface area contributed by atoms with E-state index in [4.69, 9.17) is 11.2 Å². The molecule has 0 radical (unpaired) electrons. The van der Waals surface area contributed by atoms with Crippen molar-refractivity contribution in [2.45, 2.75) is 25.8 Å². The number of hydrogen-bond donors (Lipinski definition) is 0. The smallest absolute Gasteiger partial charge is 0.179 e. The predicted molar refractivity (Wildman–Crippen MR) is 101 cm³/mol. The van der Waals surface area contributed by atoms with Crippen LogP contribution in [0.3, 0.4) is 0 Å². The third-order valence-corrected chi connectivity index (χ3v) is 5.19. The van der Waals surface area contributed by atoms with E-state index in [0.29, 0.717) is 17.9 Å². The fourth-order valence-corrected chi connectivity index (χ4v) is 3.81. The Morgan fingerprint density at radius 3 is 2.93 bits per heavy atom. The summed E-state index contributed by atoms with van der Waals surface area (Å²) in [7, 11) is 1.63. The second kappa shape index (κ2) is 6.69. The van der Waals surface area contributed by atoms with Crippen LogP contribution in [0.25, 0.3) is 16.6 Å². The SMILES string of the molecule is C#Cc1cnn2cc(-c3cnn([C@@H]4CCCN(C#N)C4)c3C)cc(OC)c12. The monoisotopic (exact) mass is 360 g/mol. The first kappa shape index (κ1) is 17.0. The first-order valence-corrected chi connectivity index (χ1v) is 8.87. The number of likely N-dealkylation sites (tertiary alicyclic amines) is 1. The van der Waals surface area contributed by atoms with Crippen LogP contribution in [0.5, 0.6) is 5.75 Å². The van der Waals surface area contributed by atoms with Crippen LogP contribution in [0.2, 0.25) is 0 Å². The number of pyridine rings is 1. The van der Waals surface area contributed by atoms with Crippen molar-refractivity contribution < 1.29 is 4.74 Å². The maximum absolute atomic E-state index is 9.20. The van der Waals surface area contributed by atoms with Crippen molar-refractivity contribution in [3.05, 3.63) is 35.9 Å². The first-order valence-electron chi connectivity index (χ1n) is 8.87. The summed E-state index contributed by atoms with van der Waals surface area (Å²) in [6.45, 7) is 3.58. The molecule has 1 atom stereocenters. The number of methoxy groups -OCH3 is 1. The summed E-state index contributed by atoms with van der Waals surface area (Å²) in [5, 5.41) is 18.2. The summed E-state index contributed by atoms with van der Waals surface area (Å²) in [4.78, 5) is 1.80. The standard InChI is InChI=1S/C20H20N6O/c1-4-15-9-22-25-11-16(8-19(27-3)20(15)25)18-10-23-26(14(18)2)17-6-5-7-24(12-17)13-21/h1,8-11,17H,5-7,12H2,2-3H3/t17-/m1/s1. The molecule has 1 fully saturated rings. The van der Waals surface area contributed by atoms with Crippen molar-refractivity contribution in [1.82, 2.24) is 24.3 Å². The van der Waals surface area contributed by atoms with Crippen LogP contribution in [-0.2, 0) is 0 Å². The molecule has 0 unspecified atom stereocenters. The molecule has 7 heteroatoms. The van der Waals surface area contributed by atoms with Gasteiger partial charge in [0.15, 0.2) is 6.19 Å². The third-order valence-electron chi connectivity index (χ3n) is 5.19. The van der Waals surface area contributed by atoms with Crippen molar-refractivity contribution in [2.75, 3.05) is 20.2 Å². The van der Waals surface area contributed by atoms with E-state index in [-0.39, 0.29) is 6.04 Å². The lowest BCUT2D eigenvalue weighted by atomic mass is 10.0. The molecule has 0 aromatic carbocycles. The van der Waals surface area contributed by atoms with Gasteiger partial charge in [-0.25, -0.2) is 4.52 Å². The van der Waals surface area contributed by atoms with Gasteiger partial charge in [0.05, 0.1) is 37.7 Å². The summed E-state index contributed by atoms with van der Waals surface area (Å²) >= 11 is 0. The highest BCUT2D eigenvalue weighted by Gasteiger charge is 2.24. The molecular formula is C20H20N6O. The number of piperidine rings is 1. The fourth-order valence-electron chi connectivity index (χ4n) is 3.81. The largest absolute Gasteiger partial charge is 0.494 e. The van der Waals surface area contributed by atoms with Crippen molar-refractivity contribution in [1.29, 1.82) is 5.26 Å². The third kappa shape index (κ3) is 2.78. The Bertz CT molecular complexity index is 1080. The number of rotatable bonds is 3. The summed E-state index contributed by atoms with van der Waals surface area (Å²) < 4.78 is 9.34. The minimum Gasteiger partial charge on any atom is -0.494 e. The van der Waals surface area contributed by atoms with Crippen LogP contribution in [0.1, 0.15) is 30.1 Å². The number of fused-ring (bicyclic) bond motifs is 1. The van der Waals surface area contributed by atoms with Gasteiger partial charge in [-0.3, -0.25) is 4.68 Å². The maximum Gasteiger partial charge on any atom is 0.179 e. The molecule has 3 aromatic rings. The van der Waals surface area contributed by atoms with Crippen LogP contribution in [-0.4, -0.2) is 44.5 Å². The predicted octanol–water partition coefficient (Wildman–Crippen LogP) is 2.61. The number of aromatic nitrogens is 4. The van der Waals surface area contributed by atoms with Gasteiger partial charge >= 0.3 is 0 Å². The van der Waals surface area contributed by atoms with E-state index in [1.54, 1.807) is 22.7 Å². The minimum absolute atomic E-state index is 0.204. The molecule has 4 rings (SSSR count). The van der Waals surface area contributed by atoms with E-state index < -0.39 is 0 Å². The average molecular weight is 360 g/mol. The fraction of sp³-hybridized carbons (Fsp3) is 0.350. The quantitative estimate of drug-likeness (QED) is 0.530. The first-order chi connectivity index (χ1) is 13.2. The highest BCUT2D eigenvalue weighted by molar-refractivity contribution is 5.76. The van der Waals surface area contributed by atoms with Gasteiger partial charge in [0, 0.05) is 29.6 Å². The van der Waals surface area contributed by atoms with Gasteiger partial charge in [0.2, 0.25) is 0 Å². The van der Waals surface area contributed by atoms with Gasteiger partial charge in [0.25, 0.3) is 0 Å². The topological polar surface area (TPSA) is 71.4 Å². The number of nitrogens with zero attached hydrogens (tertiary/aromatic N) is 6. The van der Waals surface area contributed by atoms with E-state index in [0.717, 1.165) is 41.7 Å². The van der Waals surface area contributed by atoms with E-state index in [2.05, 4.69) is 29.2 Å². The van der Waals surface area contributed by atoms with Gasteiger partial charge < -0.3 is 9.64 Å². The van der Waals surface area contributed by atoms with E-state index >= 15 is 0 Å². The molecule has 0 amide bonds. The second-order valence-electron chi connectivity index (χ2n) is 6.72. The highest BCUT2D eigenvalue weighted by Crippen LogP contribution is 2.33. The van der Waals surface area contributed by atoms with Gasteiger partial charge in [0.1, 0.15) is 11.3 Å². The lowest BCUT2D eigenvalue weighted by molar-refractivity contribution is 0.231. The zero-order valence-corrected chi connectivity index (χ0v) is 15.4. The molecule has 3 aromatic heterocycles. The molecule has 1 aliphatic rings. The summed E-state index contributed by atoms with van der Waals surface area (Å²) in [6.07, 6.45) is 15.3. The summed E-state index contributed by atoms with van der Waals surface area (Å²) in [5.74, 6) is 3.32. The van der Waals surface area contributed by atoms with Crippen molar-refractivity contribution in [3.63, 3.8) is 0 Å². The molecule has 0 N–H and O–H groups in total. The molecule has 0 saturated carbocycles. The molecular weight excluding hydrogens is 340 g/mol. The normalized spacial score (nSPS) is 16.9. The van der Waals surface area contributed by atoms with Crippen molar-refractivity contribution in [2.24, 2.45) is 0 Å². The van der Waals surface area contributed by atoms with Gasteiger partial charge in [-0.2, -0.15) is 15.5 Å². The molecule has 4 heterocycles. The minimum atomic E-state index is 0.204.